The number of aryl methyl sites for hydroxylation is 2. The average molecular weight is 418 g/mol. The van der Waals surface area contributed by atoms with Crippen molar-refractivity contribution < 1.29 is 4.74 Å². The van der Waals surface area contributed by atoms with Crippen molar-refractivity contribution in [3.63, 3.8) is 0 Å². The standard InChI is InChI=1S/C21H27N3O.BrH/c1-3-4-9-14-23-18-11-6-7-12-19(18)24(21(23)22)15-16-25-20-13-8-5-10-17(20)2;/h5-8,10-13,22H,3-4,9,14-16H2,1-2H3;1H. The summed E-state index contributed by atoms with van der Waals surface area (Å²) in [6.07, 6.45) is 3.50. The molecule has 0 aliphatic carbocycles. The summed E-state index contributed by atoms with van der Waals surface area (Å²) in [7, 11) is 0. The number of ether oxygens (including phenoxy) is 1. The Balaban J connectivity index is 0.00000243. The average Bonchev–Trinajstić information content (AvgIpc) is 2.89. The first-order valence-corrected chi connectivity index (χ1v) is 9.13. The lowest BCUT2D eigenvalue weighted by Crippen LogP contribution is -2.26. The van der Waals surface area contributed by atoms with Crippen molar-refractivity contribution in [2.75, 3.05) is 6.61 Å². The zero-order valence-electron chi connectivity index (χ0n) is 15.6. The zero-order chi connectivity index (χ0) is 17.6. The number of fused-ring (bicyclic) bond motifs is 1. The number of halogens is 1. The van der Waals surface area contributed by atoms with Gasteiger partial charge in [0.1, 0.15) is 12.4 Å². The van der Waals surface area contributed by atoms with Crippen LogP contribution in [0.1, 0.15) is 31.7 Å². The molecular formula is C21H28BrN3O. The van der Waals surface area contributed by atoms with Gasteiger partial charge in [-0.2, -0.15) is 0 Å². The Labute approximate surface area is 165 Å². The van der Waals surface area contributed by atoms with Crippen LogP contribution in [0.3, 0.4) is 0 Å². The fourth-order valence-electron chi connectivity index (χ4n) is 3.23. The van der Waals surface area contributed by atoms with E-state index in [9.17, 15) is 0 Å². The molecule has 0 bridgehead atoms. The van der Waals surface area contributed by atoms with Crippen LogP contribution in [-0.4, -0.2) is 15.7 Å². The van der Waals surface area contributed by atoms with Crippen LogP contribution in [-0.2, 0) is 13.1 Å². The third kappa shape index (κ3) is 4.39. The first-order chi connectivity index (χ1) is 12.2. The van der Waals surface area contributed by atoms with Gasteiger partial charge in [0.2, 0.25) is 5.62 Å². The van der Waals surface area contributed by atoms with Gasteiger partial charge >= 0.3 is 0 Å². The number of hydrogen-bond acceptors (Lipinski definition) is 2. The number of benzene rings is 2. The molecule has 0 spiro atoms. The highest BCUT2D eigenvalue weighted by molar-refractivity contribution is 8.93. The van der Waals surface area contributed by atoms with Crippen LogP contribution >= 0.6 is 17.0 Å². The number of hydrogen-bond donors (Lipinski definition) is 1. The SMILES string of the molecule is Br.CCCCCn1c(=N)n(CCOc2ccccc2C)c2ccccc21. The quantitative estimate of drug-likeness (QED) is 0.510. The van der Waals surface area contributed by atoms with Crippen LogP contribution < -0.4 is 10.4 Å². The lowest BCUT2D eigenvalue weighted by atomic mass is 10.2. The summed E-state index contributed by atoms with van der Waals surface area (Å²) in [4.78, 5) is 0. The van der Waals surface area contributed by atoms with Gasteiger partial charge in [-0.05, 0) is 37.1 Å². The van der Waals surface area contributed by atoms with Gasteiger partial charge < -0.3 is 13.9 Å². The highest BCUT2D eigenvalue weighted by atomic mass is 79.9. The first kappa shape index (κ1) is 20.3. The highest BCUT2D eigenvalue weighted by Gasteiger charge is 2.10. The number of para-hydroxylation sites is 3. The van der Waals surface area contributed by atoms with Crippen molar-refractivity contribution in [1.29, 1.82) is 5.41 Å². The molecule has 0 saturated carbocycles. The molecular weight excluding hydrogens is 390 g/mol. The topological polar surface area (TPSA) is 42.9 Å². The number of nitrogens with one attached hydrogen (secondary N) is 1. The third-order valence-corrected chi connectivity index (χ3v) is 4.63. The maximum atomic E-state index is 8.61. The molecule has 0 atom stereocenters. The Morgan fingerprint density at radius 3 is 2.15 bits per heavy atom. The van der Waals surface area contributed by atoms with Gasteiger partial charge in [0, 0.05) is 6.54 Å². The molecule has 2 aromatic carbocycles. The van der Waals surface area contributed by atoms with Gasteiger partial charge in [-0.3, -0.25) is 5.41 Å². The summed E-state index contributed by atoms with van der Waals surface area (Å²) in [5.41, 5.74) is 3.95. The van der Waals surface area contributed by atoms with E-state index in [0.717, 1.165) is 35.3 Å². The third-order valence-electron chi connectivity index (χ3n) is 4.63. The van der Waals surface area contributed by atoms with E-state index in [2.05, 4.69) is 41.2 Å². The van der Waals surface area contributed by atoms with Crippen molar-refractivity contribution in [3.8, 4) is 5.75 Å². The normalized spacial score (nSPS) is 10.7. The first-order valence-electron chi connectivity index (χ1n) is 9.13. The van der Waals surface area contributed by atoms with Crippen molar-refractivity contribution in [2.45, 2.75) is 46.2 Å². The van der Waals surface area contributed by atoms with Crippen LogP contribution in [0.2, 0.25) is 0 Å². The summed E-state index contributed by atoms with van der Waals surface area (Å²) in [5, 5.41) is 8.61. The van der Waals surface area contributed by atoms with Crippen LogP contribution in [0.4, 0.5) is 0 Å². The molecule has 5 heteroatoms. The molecule has 0 aliphatic heterocycles. The number of unbranched alkanes of at least 4 members (excludes halogenated alkanes) is 2. The Bertz CT molecular complexity index is 898. The van der Waals surface area contributed by atoms with Gasteiger partial charge in [0.05, 0.1) is 17.6 Å². The summed E-state index contributed by atoms with van der Waals surface area (Å²) in [6, 6.07) is 16.3. The molecule has 3 aromatic rings. The number of imidazole rings is 1. The van der Waals surface area contributed by atoms with Gasteiger partial charge in [-0.15, -0.1) is 17.0 Å². The minimum absolute atomic E-state index is 0. The lowest BCUT2D eigenvalue weighted by molar-refractivity contribution is 0.294. The van der Waals surface area contributed by atoms with Crippen LogP contribution in [0.15, 0.2) is 48.5 Å². The number of aromatic nitrogens is 2. The molecule has 140 valence electrons. The zero-order valence-corrected chi connectivity index (χ0v) is 17.3. The van der Waals surface area contributed by atoms with Crippen molar-refractivity contribution in [2.24, 2.45) is 0 Å². The maximum Gasteiger partial charge on any atom is 0.203 e. The predicted molar refractivity (Wildman–Crippen MR) is 112 cm³/mol. The molecule has 0 unspecified atom stereocenters. The Morgan fingerprint density at radius 1 is 0.885 bits per heavy atom. The van der Waals surface area contributed by atoms with Gasteiger partial charge in [0.25, 0.3) is 0 Å². The van der Waals surface area contributed by atoms with Crippen LogP contribution in [0.25, 0.3) is 11.0 Å². The molecule has 0 saturated heterocycles. The minimum Gasteiger partial charge on any atom is -0.491 e. The van der Waals surface area contributed by atoms with E-state index in [-0.39, 0.29) is 17.0 Å². The molecule has 0 radical (unpaired) electrons. The largest absolute Gasteiger partial charge is 0.491 e. The molecule has 0 fully saturated rings. The Morgan fingerprint density at radius 2 is 1.50 bits per heavy atom. The van der Waals surface area contributed by atoms with E-state index >= 15 is 0 Å². The van der Waals surface area contributed by atoms with Crippen LogP contribution in [0, 0.1) is 12.3 Å². The smallest absolute Gasteiger partial charge is 0.203 e. The number of rotatable bonds is 8. The highest BCUT2D eigenvalue weighted by Crippen LogP contribution is 2.17. The Kier molecular flexibility index (Phi) is 7.51. The molecule has 1 N–H and O–H groups in total. The molecule has 4 nitrogen and oxygen atoms in total. The van der Waals surface area contributed by atoms with Gasteiger partial charge in [0.15, 0.2) is 0 Å². The molecule has 1 aromatic heterocycles. The second-order valence-corrected chi connectivity index (χ2v) is 6.44. The molecule has 0 amide bonds. The van der Waals surface area contributed by atoms with Crippen molar-refractivity contribution >= 4 is 28.0 Å². The van der Waals surface area contributed by atoms with E-state index in [1.54, 1.807) is 0 Å². The predicted octanol–water partition coefficient (Wildman–Crippen LogP) is 5.08. The Hall–Kier alpha value is -2.01. The second kappa shape index (κ2) is 9.62. The fraction of sp³-hybridized carbons (Fsp3) is 0.381. The van der Waals surface area contributed by atoms with Gasteiger partial charge in [-0.25, -0.2) is 0 Å². The number of nitrogens with zero attached hydrogens (tertiary/aromatic N) is 2. The molecule has 1 heterocycles. The summed E-state index contributed by atoms with van der Waals surface area (Å²) in [6.45, 7) is 6.40. The minimum atomic E-state index is 0. The van der Waals surface area contributed by atoms with Crippen molar-refractivity contribution in [1.82, 2.24) is 9.13 Å². The van der Waals surface area contributed by atoms with E-state index in [0.29, 0.717) is 18.8 Å². The molecule has 3 rings (SSSR count). The lowest BCUT2D eigenvalue weighted by Gasteiger charge is -2.10. The monoisotopic (exact) mass is 417 g/mol. The second-order valence-electron chi connectivity index (χ2n) is 6.44. The van der Waals surface area contributed by atoms with Gasteiger partial charge in [-0.1, -0.05) is 50.1 Å². The van der Waals surface area contributed by atoms with Crippen molar-refractivity contribution in [3.05, 3.63) is 59.7 Å². The summed E-state index contributed by atoms with van der Waals surface area (Å²) < 4.78 is 10.1. The molecule has 0 aliphatic rings. The van der Waals surface area contributed by atoms with Crippen LogP contribution in [0.5, 0.6) is 5.75 Å². The summed E-state index contributed by atoms with van der Waals surface area (Å²) in [5.74, 6) is 0.918. The van der Waals surface area contributed by atoms with E-state index < -0.39 is 0 Å². The van der Waals surface area contributed by atoms with E-state index in [1.165, 1.54) is 12.8 Å². The molecule has 26 heavy (non-hydrogen) atoms. The fourth-order valence-corrected chi connectivity index (χ4v) is 3.23. The van der Waals surface area contributed by atoms with E-state index in [1.807, 2.05) is 30.3 Å². The maximum absolute atomic E-state index is 8.61. The summed E-state index contributed by atoms with van der Waals surface area (Å²) >= 11 is 0. The van der Waals surface area contributed by atoms with E-state index in [4.69, 9.17) is 10.1 Å².